The molecule has 1 atom stereocenters. The molecule has 0 bridgehead atoms. The normalized spacial score (nSPS) is 18.3. The van der Waals surface area contributed by atoms with Gasteiger partial charge < -0.3 is 14.6 Å². The number of sulfonamides is 1. The molecule has 15 heteroatoms. The number of methoxy groups -OCH3 is 1. The van der Waals surface area contributed by atoms with Gasteiger partial charge in [-0.1, -0.05) is 6.07 Å². The second-order valence-corrected chi connectivity index (χ2v) is 11.1. The van der Waals surface area contributed by atoms with Gasteiger partial charge >= 0.3 is 0 Å². The standard InChI is InChI=1S/C23H25F4N7O3S/c1-13-28-16-5-4-14(10-17(16)33(13)9-7-24)19-15(25)11-34-20(19)21(37-2)30-22(31-34)29-18-6-8-32(38(3,35)36)12-23(18,26)27/h4-5,10-11,18H,6-9,12H2,1-3H3,(H,29,31). The molecule has 10 nitrogen and oxygen atoms in total. The zero-order valence-corrected chi connectivity index (χ0v) is 21.6. The molecule has 0 amide bonds. The summed E-state index contributed by atoms with van der Waals surface area (Å²) >= 11 is 0. The van der Waals surface area contributed by atoms with Crippen molar-refractivity contribution < 1.29 is 30.7 Å². The fourth-order valence-electron chi connectivity index (χ4n) is 4.79. The number of ether oxygens (including phenoxy) is 1. The number of imidazole rings is 1. The van der Waals surface area contributed by atoms with E-state index in [0.717, 1.165) is 21.3 Å². The second-order valence-electron chi connectivity index (χ2n) is 9.14. The zero-order chi connectivity index (χ0) is 27.4. The number of hydrogen-bond donors (Lipinski definition) is 1. The molecule has 0 spiro atoms. The van der Waals surface area contributed by atoms with Gasteiger partial charge in [0.15, 0.2) is 5.82 Å². The molecule has 38 heavy (non-hydrogen) atoms. The second kappa shape index (κ2) is 9.38. The van der Waals surface area contributed by atoms with E-state index in [1.807, 2.05) is 0 Å². The Morgan fingerprint density at radius 2 is 2.03 bits per heavy atom. The number of piperidine rings is 1. The van der Waals surface area contributed by atoms with Crippen LogP contribution in [-0.4, -0.2) is 82.0 Å². The van der Waals surface area contributed by atoms with Crippen LogP contribution < -0.4 is 10.1 Å². The Hall–Kier alpha value is -3.46. The first-order chi connectivity index (χ1) is 17.9. The summed E-state index contributed by atoms with van der Waals surface area (Å²) in [6.07, 6.45) is 1.77. The topological polar surface area (TPSA) is 107 Å². The van der Waals surface area contributed by atoms with Gasteiger partial charge in [-0.2, -0.15) is 9.29 Å². The zero-order valence-electron chi connectivity index (χ0n) is 20.8. The fraction of sp³-hybridized carbons (Fsp3) is 0.435. The van der Waals surface area contributed by atoms with E-state index in [1.54, 1.807) is 29.7 Å². The van der Waals surface area contributed by atoms with E-state index in [4.69, 9.17) is 4.74 Å². The maximum absolute atomic E-state index is 15.3. The van der Waals surface area contributed by atoms with Crippen LogP contribution in [0, 0.1) is 12.7 Å². The van der Waals surface area contributed by atoms with Crippen LogP contribution in [0.5, 0.6) is 5.88 Å². The number of alkyl halides is 3. The highest BCUT2D eigenvalue weighted by atomic mass is 32.2. The Bertz CT molecular complexity index is 1640. The van der Waals surface area contributed by atoms with E-state index in [9.17, 15) is 21.6 Å². The Kier molecular flexibility index (Phi) is 6.46. The van der Waals surface area contributed by atoms with Gasteiger partial charge in [-0.05, 0) is 31.0 Å². The molecule has 1 aliphatic heterocycles. The lowest BCUT2D eigenvalue weighted by molar-refractivity contribution is -0.0541. The minimum absolute atomic E-state index is 0.0631. The third-order valence-corrected chi connectivity index (χ3v) is 7.87. The number of fused-ring (bicyclic) bond motifs is 2. The summed E-state index contributed by atoms with van der Waals surface area (Å²) in [6.45, 7) is 0.175. The summed E-state index contributed by atoms with van der Waals surface area (Å²) in [5.41, 5.74) is 1.98. The van der Waals surface area contributed by atoms with Crippen LogP contribution in [0.1, 0.15) is 12.2 Å². The molecule has 1 aliphatic rings. The van der Waals surface area contributed by atoms with Gasteiger partial charge in [-0.15, -0.1) is 5.10 Å². The SMILES string of the molecule is COc1nc(NC2CCN(S(C)(=O)=O)CC2(F)F)nn2cc(F)c(-c3ccc4nc(C)n(CCF)c4c3)c12. The van der Waals surface area contributed by atoms with Crippen molar-refractivity contribution in [1.82, 2.24) is 28.5 Å². The monoisotopic (exact) mass is 555 g/mol. The average molecular weight is 556 g/mol. The van der Waals surface area contributed by atoms with Gasteiger partial charge in [-0.25, -0.2) is 35.5 Å². The van der Waals surface area contributed by atoms with Gasteiger partial charge in [0, 0.05) is 6.54 Å². The molecule has 0 radical (unpaired) electrons. The highest BCUT2D eigenvalue weighted by molar-refractivity contribution is 7.88. The van der Waals surface area contributed by atoms with Crippen LogP contribution in [0.15, 0.2) is 24.4 Å². The number of aromatic nitrogens is 5. The first-order valence-electron chi connectivity index (χ1n) is 11.7. The summed E-state index contributed by atoms with van der Waals surface area (Å²) in [5.74, 6) is -3.75. The molecule has 3 aromatic heterocycles. The van der Waals surface area contributed by atoms with Crippen LogP contribution in [0.4, 0.5) is 23.5 Å². The lowest BCUT2D eigenvalue weighted by Gasteiger charge is -2.37. The van der Waals surface area contributed by atoms with Crippen LogP contribution >= 0.6 is 0 Å². The Labute approximate surface area is 215 Å². The van der Waals surface area contributed by atoms with E-state index in [-0.39, 0.29) is 42.4 Å². The number of aryl methyl sites for hydroxylation is 2. The van der Waals surface area contributed by atoms with Crippen LogP contribution in [0.2, 0.25) is 0 Å². The first-order valence-corrected chi connectivity index (χ1v) is 13.5. The molecule has 5 rings (SSSR count). The number of halogens is 4. The lowest BCUT2D eigenvalue weighted by atomic mass is 10.0. The summed E-state index contributed by atoms with van der Waals surface area (Å²) in [4.78, 5) is 8.61. The van der Waals surface area contributed by atoms with E-state index >= 15 is 4.39 Å². The fourth-order valence-corrected chi connectivity index (χ4v) is 5.63. The minimum Gasteiger partial charge on any atom is -0.479 e. The summed E-state index contributed by atoms with van der Waals surface area (Å²) in [5, 5.41) is 6.74. The molecule has 204 valence electrons. The van der Waals surface area contributed by atoms with Crippen molar-refractivity contribution >= 4 is 32.5 Å². The molecule has 1 N–H and O–H groups in total. The molecule has 4 heterocycles. The Morgan fingerprint density at radius 1 is 1.26 bits per heavy atom. The van der Waals surface area contributed by atoms with Crippen molar-refractivity contribution in [2.24, 2.45) is 0 Å². The Balaban J connectivity index is 1.53. The van der Waals surface area contributed by atoms with Crippen molar-refractivity contribution in [3.05, 3.63) is 36.0 Å². The van der Waals surface area contributed by atoms with E-state index < -0.39 is 41.0 Å². The average Bonchev–Trinajstić information content (AvgIpc) is 3.34. The molecule has 1 fully saturated rings. The molecule has 1 unspecified atom stereocenters. The van der Waals surface area contributed by atoms with Gasteiger partial charge in [0.2, 0.25) is 21.9 Å². The predicted octanol–water partition coefficient (Wildman–Crippen LogP) is 3.25. The molecular formula is C23H25F4N7O3S. The summed E-state index contributed by atoms with van der Waals surface area (Å²) in [6, 6.07) is 3.59. The van der Waals surface area contributed by atoms with Crippen LogP contribution in [0.3, 0.4) is 0 Å². The largest absolute Gasteiger partial charge is 0.479 e. The number of rotatable bonds is 7. The maximum atomic E-state index is 15.3. The lowest BCUT2D eigenvalue weighted by Crippen LogP contribution is -2.55. The quantitative estimate of drug-likeness (QED) is 0.349. The number of benzene rings is 1. The van der Waals surface area contributed by atoms with Crippen molar-refractivity contribution in [3.8, 4) is 17.0 Å². The molecule has 4 aromatic rings. The van der Waals surface area contributed by atoms with E-state index in [1.165, 1.54) is 7.11 Å². The summed E-state index contributed by atoms with van der Waals surface area (Å²) < 4.78 is 90.4. The van der Waals surface area contributed by atoms with Gasteiger partial charge in [-0.3, -0.25) is 0 Å². The molecule has 1 aromatic carbocycles. The third kappa shape index (κ3) is 4.53. The molecule has 0 saturated carbocycles. The highest BCUT2D eigenvalue weighted by Crippen LogP contribution is 2.36. The predicted molar refractivity (Wildman–Crippen MR) is 132 cm³/mol. The van der Waals surface area contributed by atoms with Crippen molar-refractivity contribution in [2.75, 3.05) is 38.4 Å². The number of hydrogen-bond acceptors (Lipinski definition) is 7. The van der Waals surface area contributed by atoms with E-state index in [0.29, 0.717) is 22.4 Å². The van der Waals surface area contributed by atoms with Crippen molar-refractivity contribution in [2.45, 2.75) is 31.9 Å². The number of anilines is 1. The molecule has 1 saturated heterocycles. The molecular weight excluding hydrogens is 530 g/mol. The van der Waals surface area contributed by atoms with Crippen molar-refractivity contribution in [1.29, 1.82) is 0 Å². The summed E-state index contributed by atoms with van der Waals surface area (Å²) in [7, 11) is -2.47. The van der Waals surface area contributed by atoms with E-state index in [2.05, 4.69) is 20.4 Å². The smallest absolute Gasteiger partial charge is 0.281 e. The minimum atomic E-state index is -3.78. The Morgan fingerprint density at radius 3 is 2.68 bits per heavy atom. The van der Waals surface area contributed by atoms with Crippen LogP contribution in [-0.2, 0) is 16.6 Å². The van der Waals surface area contributed by atoms with Crippen molar-refractivity contribution in [3.63, 3.8) is 0 Å². The highest BCUT2D eigenvalue weighted by Gasteiger charge is 2.47. The van der Waals surface area contributed by atoms with Crippen LogP contribution in [0.25, 0.3) is 27.7 Å². The number of nitrogens with one attached hydrogen (secondary N) is 1. The molecule has 0 aliphatic carbocycles. The van der Waals surface area contributed by atoms with Gasteiger partial charge in [0.25, 0.3) is 5.92 Å². The van der Waals surface area contributed by atoms with Gasteiger partial charge in [0.05, 0.1) is 55.3 Å². The third-order valence-electron chi connectivity index (χ3n) is 6.62. The van der Waals surface area contributed by atoms with Gasteiger partial charge in [0.1, 0.15) is 18.0 Å². The number of nitrogens with zero attached hydrogens (tertiary/aromatic N) is 6. The maximum Gasteiger partial charge on any atom is 0.281 e. The first kappa shape index (κ1) is 26.2.